The zero-order valence-electron chi connectivity index (χ0n) is 11.3. The maximum atomic E-state index is 12.8. The van der Waals surface area contributed by atoms with Crippen LogP contribution in [0, 0.1) is 0 Å². The molecule has 1 N–H and O–H groups in total. The number of alkyl halides is 4. The SMILES string of the molecule is CCOc1cccc(CNCC(F)(F)C(F)F)c1OC. The highest BCUT2D eigenvalue weighted by Crippen LogP contribution is 2.31. The summed E-state index contributed by atoms with van der Waals surface area (Å²) >= 11 is 0. The second-order valence-corrected chi connectivity index (χ2v) is 4.05. The Hall–Kier alpha value is -1.50. The largest absolute Gasteiger partial charge is 0.493 e. The zero-order chi connectivity index (χ0) is 15.2. The van der Waals surface area contributed by atoms with Crippen LogP contribution in [-0.2, 0) is 6.54 Å². The van der Waals surface area contributed by atoms with Gasteiger partial charge in [0, 0.05) is 12.1 Å². The predicted octanol–water partition coefficient (Wildman–Crippen LogP) is 3.08. The number of hydrogen-bond acceptors (Lipinski definition) is 3. The van der Waals surface area contributed by atoms with Gasteiger partial charge in [-0.25, -0.2) is 8.78 Å². The normalized spacial score (nSPS) is 11.8. The molecule has 0 fully saturated rings. The molecule has 0 bridgehead atoms. The molecule has 1 aromatic carbocycles. The molecule has 0 saturated heterocycles. The van der Waals surface area contributed by atoms with Crippen LogP contribution in [0.3, 0.4) is 0 Å². The van der Waals surface area contributed by atoms with Crippen LogP contribution < -0.4 is 14.8 Å². The Labute approximate surface area is 114 Å². The highest BCUT2D eigenvalue weighted by atomic mass is 19.3. The van der Waals surface area contributed by atoms with Gasteiger partial charge in [-0.2, -0.15) is 8.78 Å². The van der Waals surface area contributed by atoms with E-state index in [1.165, 1.54) is 7.11 Å². The van der Waals surface area contributed by atoms with Gasteiger partial charge in [-0.1, -0.05) is 12.1 Å². The van der Waals surface area contributed by atoms with E-state index in [0.717, 1.165) is 0 Å². The molecule has 0 radical (unpaired) electrons. The van der Waals surface area contributed by atoms with E-state index in [9.17, 15) is 17.6 Å². The lowest BCUT2D eigenvalue weighted by atomic mass is 10.1. The first kappa shape index (κ1) is 16.6. The fourth-order valence-electron chi connectivity index (χ4n) is 1.64. The van der Waals surface area contributed by atoms with Crippen molar-refractivity contribution in [3.63, 3.8) is 0 Å². The Balaban J connectivity index is 2.71. The van der Waals surface area contributed by atoms with Crippen molar-refractivity contribution in [2.75, 3.05) is 20.3 Å². The molecule has 0 aliphatic rings. The first-order chi connectivity index (χ1) is 9.42. The summed E-state index contributed by atoms with van der Waals surface area (Å²) in [7, 11) is 1.43. The van der Waals surface area contributed by atoms with Crippen molar-refractivity contribution in [1.29, 1.82) is 0 Å². The molecule has 0 spiro atoms. The van der Waals surface area contributed by atoms with Crippen LogP contribution in [0.1, 0.15) is 12.5 Å². The molecule has 1 rings (SSSR count). The topological polar surface area (TPSA) is 30.5 Å². The van der Waals surface area contributed by atoms with Crippen LogP contribution in [0.4, 0.5) is 17.6 Å². The molecule has 0 heterocycles. The molecule has 0 saturated carbocycles. The van der Waals surface area contributed by atoms with Gasteiger partial charge in [-0.15, -0.1) is 0 Å². The number of nitrogens with one attached hydrogen (secondary N) is 1. The third kappa shape index (κ3) is 4.26. The van der Waals surface area contributed by atoms with E-state index in [0.29, 0.717) is 23.7 Å². The Morgan fingerprint density at radius 1 is 1.30 bits per heavy atom. The highest BCUT2D eigenvalue weighted by Gasteiger charge is 2.40. The number of hydrogen-bond donors (Lipinski definition) is 1. The molecule has 0 atom stereocenters. The van der Waals surface area contributed by atoms with E-state index >= 15 is 0 Å². The van der Waals surface area contributed by atoms with Crippen LogP contribution in [-0.4, -0.2) is 32.6 Å². The van der Waals surface area contributed by atoms with Gasteiger partial charge in [-0.3, -0.25) is 0 Å². The van der Waals surface area contributed by atoms with Gasteiger partial charge < -0.3 is 14.8 Å². The minimum atomic E-state index is -4.05. The maximum absolute atomic E-state index is 12.8. The number of rotatable bonds is 8. The van der Waals surface area contributed by atoms with E-state index in [1.54, 1.807) is 25.1 Å². The van der Waals surface area contributed by atoms with Gasteiger partial charge >= 0.3 is 12.3 Å². The lowest BCUT2D eigenvalue weighted by Gasteiger charge is -2.17. The Morgan fingerprint density at radius 3 is 2.55 bits per heavy atom. The third-order valence-electron chi connectivity index (χ3n) is 2.56. The lowest BCUT2D eigenvalue weighted by Crippen LogP contribution is -2.38. The van der Waals surface area contributed by atoms with Crippen LogP contribution in [0.5, 0.6) is 11.5 Å². The average Bonchev–Trinajstić information content (AvgIpc) is 2.39. The number of para-hydroxylation sites is 1. The maximum Gasteiger partial charge on any atom is 0.319 e. The number of halogens is 4. The molecule has 114 valence electrons. The first-order valence-electron chi connectivity index (χ1n) is 6.07. The standard InChI is InChI=1S/C13H17F4NO2/c1-3-20-10-6-4-5-9(11(10)19-2)7-18-8-13(16,17)12(14)15/h4-6,12,18H,3,7-8H2,1-2H3. The summed E-state index contributed by atoms with van der Waals surface area (Å²) in [6.07, 6.45) is -3.69. The second kappa shape index (κ2) is 7.33. The molecule has 0 aliphatic heterocycles. The third-order valence-corrected chi connectivity index (χ3v) is 2.56. The van der Waals surface area contributed by atoms with E-state index in [-0.39, 0.29) is 6.54 Å². The van der Waals surface area contributed by atoms with Crippen LogP contribution in [0.2, 0.25) is 0 Å². The molecular formula is C13H17F4NO2. The smallest absolute Gasteiger partial charge is 0.319 e. The van der Waals surface area contributed by atoms with Gasteiger partial charge in [0.2, 0.25) is 0 Å². The second-order valence-electron chi connectivity index (χ2n) is 4.05. The molecule has 0 unspecified atom stereocenters. The van der Waals surface area contributed by atoms with Crippen LogP contribution in [0.25, 0.3) is 0 Å². The fourth-order valence-corrected chi connectivity index (χ4v) is 1.64. The van der Waals surface area contributed by atoms with Crippen molar-refractivity contribution in [2.24, 2.45) is 0 Å². The van der Waals surface area contributed by atoms with Crippen molar-refractivity contribution < 1.29 is 27.0 Å². The molecule has 7 heteroatoms. The van der Waals surface area contributed by atoms with Gasteiger partial charge in [0.25, 0.3) is 0 Å². The number of ether oxygens (including phenoxy) is 2. The number of benzene rings is 1. The van der Waals surface area contributed by atoms with Gasteiger partial charge in [0.1, 0.15) is 0 Å². The molecule has 0 aromatic heterocycles. The lowest BCUT2D eigenvalue weighted by molar-refractivity contribution is -0.125. The molecule has 1 aromatic rings. The summed E-state index contributed by atoms with van der Waals surface area (Å²) in [5, 5.41) is 2.30. The van der Waals surface area contributed by atoms with Crippen LogP contribution in [0.15, 0.2) is 18.2 Å². The van der Waals surface area contributed by atoms with Crippen molar-refractivity contribution >= 4 is 0 Å². The average molecular weight is 295 g/mol. The quantitative estimate of drug-likeness (QED) is 0.748. The van der Waals surface area contributed by atoms with Gasteiger partial charge in [0.15, 0.2) is 11.5 Å². The predicted molar refractivity (Wildman–Crippen MR) is 66.8 cm³/mol. The summed E-state index contributed by atoms with van der Waals surface area (Å²) in [6.45, 7) is 1.10. The van der Waals surface area contributed by atoms with E-state index < -0.39 is 18.9 Å². The summed E-state index contributed by atoms with van der Waals surface area (Å²) in [4.78, 5) is 0. The Kier molecular flexibility index (Phi) is 6.06. The summed E-state index contributed by atoms with van der Waals surface area (Å²) in [5.74, 6) is -3.16. The number of methoxy groups -OCH3 is 1. The van der Waals surface area contributed by atoms with Crippen molar-refractivity contribution in [3.05, 3.63) is 23.8 Å². The van der Waals surface area contributed by atoms with Crippen LogP contribution >= 0.6 is 0 Å². The van der Waals surface area contributed by atoms with E-state index in [1.807, 2.05) is 0 Å². The highest BCUT2D eigenvalue weighted by molar-refractivity contribution is 5.46. The van der Waals surface area contributed by atoms with E-state index in [2.05, 4.69) is 5.32 Å². The van der Waals surface area contributed by atoms with Crippen molar-refractivity contribution in [3.8, 4) is 11.5 Å². The van der Waals surface area contributed by atoms with Gasteiger partial charge in [0.05, 0.1) is 20.3 Å². The summed E-state index contributed by atoms with van der Waals surface area (Å²) < 4.78 is 60.0. The molecule has 20 heavy (non-hydrogen) atoms. The molecule has 0 amide bonds. The molecule has 3 nitrogen and oxygen atoms in total. The Morgan fingerprint density at radius 2 is 2.00 bits per heavy atom. The van der Waals surface area contributed by atoms with Gasteiger partial charge in [-0.05, 0) is 13.0 Å². The fraction of sp³-hybridized carbons (Fsp3) is 0.538. The minimum Gasteiger partial charge on any atom is -0.493 e. The monoisotopic (exact) mass is 295 g/mol. The summed E-state index contributed by atoms with van der Waals surface area (Å²) in [6, 6.07) is 5.00. The minimum absolute atomic E-state index is 0.0214. The Bertz CT molecular complexity index is 427. The van der Waals surface area contributed by atoms with Crippen molar-refractivity contribution in [2.45, 2.75) is 25.8 Å². The summed E-state index contributed by atoms with van der Waals surface area (Å²) in [5.41, 5.74) is 0.559. The zero-order valence-corrected chi connectivity index (χ0v) is 11.3. The first-order valence-corrected chi connectivity index (χ1v) is 6.07. The van der Waals surface area contributed by atoms with Crippen molar-refractivity contribution in [1.82, 2.24) is 5.32 Å². The molecule has 0 aliphatic carbocycles. The molecular weight excluding hydrogens is 278 g/mol. The van der Waals surface area contributed by atoms with E-state index in [4.69, 9.17) is 9.47 Å².